The summed E-state index contributed by atoms with van der Waals surface area (Å²) in [5.41, 5.74) is 1.73. The topological polar surface area (TPSA) is 117 Å². The van der Waals surface area contributed by atoms with E-state index in [1.807, 2.05) is 36.4 Å². The van der Waals surface area contributed by atoms with Crippen LogP contribution in [0, 0.1) is 0 Å². The number of fused-ring (bicyclic) bond motifs is 2. The van der Waals surface area contributed by atoms with Crippen LogP contribution in [0.25, 0.3) is 10.9 Å². The maximum absolute atomic E-state index is 12.7. The number of cyclic esters (lactones) is 1. The lowest BCUT2D eigenvalue weighted by atomic mass is 9.86. The Morgan fingerprint density at radius 2 is 2.03 bits per heavy atom. The minimum Gasteiger partial charge on any atom is -0.497 e. The zero-order chi connectivity index (χ0) is 25.6. The molecule has 11 heteroatoms. The van der Waals surface area contributed by atoms with E-state index < -0.39 is 11.7 Å². The molecule has 2 aromatic carbocycles. The molecule has 3 aliphatic heterocycles. The summed E-state index contributed by atoms with van der Waals surface area (Å²) in [5, 5.41) is 15.2. The molecule has 0 saturated carbocycles. The summed E-state index contributed by atoms with van der Waals surface area (Å²) in [6, 6.07) is 11.2. The Labute approximate surface area is 218 Å². The van der Waals surface area contributed by atoms with Crippen LogP contribution in [0.1, 0.15) is 18.5 Å². The average molecular weight is 522 g/mol. The van der Waals surface area contributed by atoms with Crippen molar-refractivity contribution in [3.05, 3.63) is 48.4 Å². The lowest BCUT2D eigenvalue weighted by Gasteiger charge is -2.38. The van der Waals surface area contributed by atoms with Gasteiger partial charge in [0.15, 0.2) is 0 Å². The van der Waals surface area contributed by atoms with Crippen molar-refractivity contribution in [2.75, 3.05) is 49.3 Å². The van der Waals surface area contributed by atoms with Crippen molar-refractivity contribution < 1.29 is 24.2 Å². The number of aromatic nitrogens is 2. The van der Waals surface area contributed by atoms with E-state index in [1.54, 1.807) is 12.0 Å². The van der Waals surface area contributed by atoms with E-state index in [4.69, 9.17) is 9.47 Å². The molecular weight excluding hydrogens is 494 g/mol. The second-order valence-corrected chi connectivity index (χ2v) is 10.6. The summed E-state index contributed by atoms with van der Waals surface area (Å²) in [5.74, 6) is 1.04. The van der Waals surface area contributed by atoms with Gasteiger partial charge in [-0.05, 0) is 49.2 Å². The number of amides is 2. The number of nitrogens with zero attached hydrogens (tertiary/aromatic N) is 4. The Bertz CT molecular complexity index is 1380. The summed E-state index contributed by atoms with van der Waals surface area (Å²) in [7, 11) is 1.61. The third-order valence-electron chi connectivity index (χ3n) is 7.21. The Kier molecular flexibility index (Phi) is 6.13. The smallest absolute Gasteiger partial charge is 0.414 e. The van der Waals surface area contributed by atoms with Gasteiger partial charge in [-0.15, -0.1) is 11.8 Å². The van der Waals surface area contributed by atoms with E-state index in [9.17, 15) is 14.7 Å². The average Bonchev–Trinajstić information content (AvgIpc) is 3.28. The third-order valence-corrected chi connectivity index (χ3v) is 8.28. The molecule has 0 bridgehead atoms. The molecule has 37 heavy (non-hydrogen) atoms. The van der Waals surface area contributed by atoms with Gasteiger partial charge in [-0.2, -0.15) is 0 Å². The van der Waals surface area contributed by atoms with E-state index in [0.717, 1.165) is 21.5 Å². The van der Waals surface area contributed by atoms with Crippen molar-refractivity contribution in [2.24, 2.45) is 0 Å². The fraction of sp³-hybridized carbons (Fsp3) is 0.385. The van der Waals surface area contributed by atoms with Crippen LogP contribution in [-0.2, 0) is 15.1 Å². The van der Waals surface area contributed by atoms with Gasteiger partial charge in [-0.1, -0.05) is 0 Å². The van der Waals surface area contributed by atoms with Crippen molar-refractivity contribution in [3.8, 4) is 5.75 Å². The van der Waals surface area contributed by atoms with Crippen LogP contribution < -0.4 is 15.0 Å². The van der Waals surface area contributed by atoms with Crippen molar-refractivity contribution in [1.82, 2.24) is 14.9 Å². The molecule has 1 atom stereocenters. The number of methoxy groups -OCH3 is 1. The number of piperidine rings is 1. The predicted molar refractivity (Wildman–Crippen MR) is 139 cm³/mol. The molecule has 0 spiro atoms. The Morgan fingerprint density at radius 3 is 2.84 bits per heavy atom. The van der Waals surface area contributed by atoms with E-state index in [2.05, 4.69) is 20.2 Å². The van der Waals surface area contributed by atoms with Crippen LogP contribution in [-0.4, -0.2) is 77.1 Å². The molecule has 3 aliphatic rings. The van der Waals surface area contributed by atoms with Crippen molar-refractivity contribution in [1.29, 1.82) is 0 Å². The van der Waals surface area contributed by atoms with Gasteiger partial charge in [0.2, 0.25) is 5.91 Å². The molecule has 2 N–H and O–H groups in total. The lowest BCUT2D eigenvalue weighted by molar-refractivity contribution is -0.113. The first-order valence-electron chi connectivity index (χ1n) is 12.2. The van der Waals surface area contributed by atoms with Gasteiger partial charge in [0, 0.05) is 35.6 Å². The summed E-state index contributed by atoms with van der Waals surface area (Å²) < 4.78 is 11.0. The predicted octanol–water partition coefficient (Wildman–Crippen LogP) is 2.99. The first-order chi connectivity index (χ1) is 17.9. The quantitative estimate of drug-likeness (QED) is 0.523. The van der Waals surface area contributed by atoms with E-state index in [-0.39, 0.29) is 12.0 Å². The third kappa shape index (κ3) is 4.58. The van der Waals surface area contributed by atoms with E-state index in [1.165, 1.54) is 18.1 Å². The Hall–Kier alpha value is -3.41. The number of thioether (sulfide) groups is 1. The largest absolute Gasteiger partial charge is 0.497 e. The molecule has 0 aliphatic carbocycles. The van der Waals surface area contributed by atoms with Gasteiger partial charge < -0.3 is 19.9 Å². The maximum atomic E-state index is 12.7. The highest BCUT2D eigenvalue weighted by atomic mass is 32.2. The van der Waals surface area contributed by atoms with Crippen LogP contribution in [0.15, 0.2) is 47.6 Å². The molecule has 192 valence electrons. The number of likely N-dealkylation sites (tertiary alicyclic amines) is 1. The number of aliphatic hydroxyl groups is 1. The van der Waals surface area contributed by atoms with E-state index >= 15 is 0 Å². The molecule has 1 unspecified atom stereocenters. The minimum atomic E-state index is -1.08. The number of nitrogens with one attached hydrogen (secondary N) is 1. The van der Waals surface area contributed by atoms with Crippen molar-refractivity contribution >= 4 is 46.0 Å². The van der Waals surface area contributed by atoms with E-state index in [0.29, 0.717) is 61.9 Å². The summed E-state index contributed by atoms with van der Waals surface area (Å²) in [4.78, 5) is 38.0. The van der Waals surface area contributed by atoms with Crippen LogP contribution in [0.3, 0.4) is 0 Å². The monoisotopic (exact) mass is 521 g/mol. The number of hydrogen-bond acceptors (Lipinski definition) is 9. The maximum Gasteiger partial charge on any atom is 0.414 e. The summed E-state index contributed by atoms with van der Waals surface area (Å²) in [6.07, 6.45) is 1.81. The normalized spacial score (nSPS) is 21.5. The van der Waals surface area contributed by atoms with Gasteiger partial charge in [0.05, 0.1) is 36.3 Å². The van der Waals surface area contributed by atoms with Gasteiger partial charge in [-0.3, -0.25) is 14.6 Å². The first-order valence-corrected chi connectivity index (χ1v) is 13.2. The zero-order valence-electron chi connectivity index (χ0n) is 20.3. The standard InChI is InChI=1S/C26H27N5O5S/c1-35-17-3-4-20-19(11-17)24(28-15-27-20)26(34)6-8-30(9-7-26)12-18-13-31(25(33)36-18)16-2-5-22-21(10-16)29-23(32)14-37-22/h2-5,10-11,15,18,34H,6-9,12-14H2,1H3,(H,29,32). The zero-order valence-corrected chi connectivity index (χ0v) is 21.2. The second kappa shape index (κ2) is 9.47. The fourth-order valence-corrected chi connectivity index (χ4v) is 6.02. The number of anilines is 2. The molecule has 3 aromatic rings. The highest BCUT2D eigenvalue weighted by molar-refractivity contribution is 8.00. The number of ether oxygens (including phenoxy) is 2. The number of hydrogen-bond donors (Lipinski definition) is 2. The number of benzene rings is 2. The first kappa shape index (κ1) is 24.0. The van der Waals surface area contributed by atoms with Crippen LogP contribution in [0.2, 0.25) is 0 Å². The minimum absolute atomic E-state index is 0.0457. The molecular formula is C26H27N5O5S. The molecule has 6 rings (SSSR count). The molecule has 10 nitrogen and oxygen atoms in total. The number of carbonyl (C=O) groups is 2. The molecule has 4 heterocycles. The summed E-state index contributed by atoms with van der Waals surface area (Å²) in [6.45, 7) is 2.29. The second-order valence-electron chi connectivity index (χ2n) is 9.57. The molecule has 2 amide bonds. The van der Waals surface area contributed by atoms with Gasteiger partial charge in [-0.25, -0.2) is 14.8 Å². The van der Waals surface area contributed by atoms with Crippen molar-refractivity contribution in [2.45, 2.75) is 29.4 Å². The molecule has 2 saturated heterocycles. The van der Waals surface area contributed by atoms with Crippen LogP contribution >= 0.6 is 11.8 Å². The van der Waals surface area contributed by atoms with Crippen molar-refractivity contribution in [3.63, 3.8) is 0 Å². The summed E-state index contributed by atoms with van der Waals surface area (Å²) >= 11 is 1.49. The van der Waals surface area contributed by atoms with Gasteiger partial charge in [0.25, 0.3) is 0 Å². The molecule has 0 radical (unpaired) electrons. The Morgan fingerprint density at radius 1 is 1.19 bits per heavy atom. The lowest BCUT2D eigenvalue weighted by Crippen LogP contribution is -2.46. The highest BCUT2D eigenvalue weighted by Crippen LogP contribution is 2.38. The SMILES string of the molecule is COc1ccc2ncnc(C3(O)CCN(CC4CN(c5ccc6c(c5)NC(=O)CS6)C(=O)O4)CC3)c2c1. The fourth-order valence-electron chi connectivity index (χ4n) is 5.23. The van der Waals surface area contributed by atoms with Crippen LogP contribution in [0.5, 0.6) is 5.75 Å². The highest BCUT2D eigenvalue weighted by Gasteiger charge is 2.39. The Balaban J connectivity index is 1.11. The van der Waals surface area contributed by atoms with Gasteiger partial charge >= 0.3 is 6.09 Å². The molecule has 2 fully saturated rings. The molecule has 1 aromatic heterocycles. The van der Waals surface area contributed by atoms with Gasteiger partial charge in [0.1, 0.15) is 23.8 Å². The number of carbonyl (C=O) groups excluding carboxylic acids is 2. The van der Waals surface area contributed by atoms with Crippen LogP contribution in [0.4, 0.5) is 16.2 Å². The number of rotatable bonds is 5.